The second-order valence-electron chi connectivity index (χ2n) is 5.19. The molecule has 0 saturated heterocycles. The molecule has 23 heavy (non-hydrogen) atoms. The maximum absolute atomic E-state index is 12.0. The molecule has 0 fully saturated rings. The first-order valence-electron chi connectivity index (χ1n) is 7.17. The Labute approximate surface area is 135 Å². The third kappa shape index (κ3) is 4.94. The van der Waals surface area contributed by atoms with Gasteiger partial charge in [0.1, 0.15) is 11.6 Å². The second kappa shape index (κ2) is 7.71. The summed E-state index contributed by atoms with van der Waals surface area (Å²) in [6.45, 7) is 3.98. The van der Waals surface area contributed by atoms with Crippen LogP contribution in [-0.2, 0) is 4.79 Å². The van der Waals surface area contributed by atoms with Crippen LogP contribution in [0.1, 0.15) is 22.3 Å². The van der Waals surface area contributed by atoms with Gasteiger partial charge in [0, 0.05) is 0 Å². The van der Waals surface area contributed by atoms with Crippen LogP contribution in [0, 0.1) is 25.2 Å². The quantitative estimate of drug-likeness (QED) is 0.407. The maximum Gasteiger partial charge on any atom is 0.282 e. The van der Waals surface area contributed by atoms with E-state index in [0.717, 1.165) is 22.3 Å². The Balaban J connectivity index is 2.04. The van der Waals surface area contributed by atoms with Gasteiger partial charge in [-0.25, -0.2) is 5.43 Å². The molecule has 0 spiro atoms. The van der Waals surface area contributed by atoms with Gasteiger partial charge >= 0.3 is 0 Å². The summed E-state index contributed by atoms with van der Waals surface area (Å²) < 4.78 is 0. The standard InChI is InChI=1S/C19H17N3O/c1-14-3-7-16(8-4-14)11-18(12-20)19(23)22-21-13-17-9-5-15(2)6-10-17/h3-11,13H,1-2H3,(H,22,23)/b18-11+,21-13+. The zero-order chi connectivity index (χ0) is 16.7. The summed E-state index contributed by atoms with van der Waals surface area (Å²) >= 11 is 0. The molecule has 1 N–H and O–H groups in total. The van der Waals surface area contributed by atoms with Crippen LogP contribution in [0.4, 0.5) is 0 Å². The smallest absolute Gasteiger partial charge is 0.267 e. The van der Waals surface area contributed by atoms with Crippen molar-refractivity contribution >= 4 is 18.2 Å². The molecular weight excluding hydrogens is 286 g/mol. The van der Waals surface area contributed by atoms with Crippen molar-refractivity contribution in [2.24, 2.45) is 5.10 Å². The monoisotopic (exact) mass is 303 g/mol. The molecule has 2 aromatic carbocycles. The summed E-state index contributed by atoms with van der Waals surface area (Å²) in [6.07, 6.45) is 3.08. The minimum Gasteiger partial charge on any atom is -0.267 e. The highest BCUT2D eigenvalue weighted by molar-refractivity contribution is 6.01. The number of hydrogen-bond acceptors (Lipinski definition) is 3. The van der Waals surface area contributed by atoms with Crippen molar-refractivity contribution in [1.29, 1.82) is 5.26 Å². The first-order valence-corrected chi connectivity index (χ1v) is 7.17. The van der Waals surface area contributed by atoms with E-state index in [-0.39, 0.29) is 5.57 Å². The fourth-order valence-electron chi connectivity index (χ4n) is 1.86. The number of amides is 1. The zero-order valence-corrected chi connectivity index (χ0v) is 13.1. The molecule has 2 aromatic rings. The molecule has 0 unspecified atom stereocenters. The van der Waals surface area contributed by atoms with Gasteiger partial charge in [-0.3, -0.25) is 4.79 Å². The summed E-state index contributed by atoms with van der Waals surface area (Å²) in [4.78, 5) is 12.0. The van der Waals surface area contributed by atoms with E-state index in [4.69, 9.17) is 5.26 Å². The van der Waals surface area contributed by atoms with Crippen molar-refractivity contribution in [2.45, 2.75) is 13.8 Å². The minimum absolute atomic E-state index is 0.00918. The largest absolute Gasteiger partial charge is 0.282 e. The van der Waals surface area contributed by atoms with E-state index in [0.29, 0.717) is 0 Å². The zero-order valence-electron chi connectivity index (χ0n) is 13.1. The van der Waals surface area contributed by atoms with Gasteiger partial charge in [0.25, 0.3) is 5.91 Å². The fourth-order valence-corrected chi connectivity index (χ4v) is 1.86. The first kappa shape index (κ1) is 16.2. The number of carbonyl (C=O) groups excluding carboxylic acids is 1. The van der Waals surface area contributed by atoms with E-state index in [1.165, 1.54) is 12.3 Å². The predicted molar refractivity (Wildman–Crippen MR) is 91.7 cm³/mol. The molecule has 0 aromatic heterocycles. The van der Waals surface area contributed by atoms with Crippen molar-refractivity contribution in [2.75, 3.05) is 0 Å². The van der Waals surface area contributed by atoms with Crippen LogP contribution in [0.3, 0.4) is 0 Å². The molecule has 0 saturated carbocycles. The number of aryl methyl sites for hydroxylation is 2. The SMILES string of the molecule is Cc1ccc(/C=N/NC(=O)/C(C#N)=C/c2ccc(C)cc2)cc1. The summed E-state index contributed by atoms with van der Waals surface area (Å²) in [7, 11) is 0. The lowest BCUT2D eigenvalue weighted by Crippen LogP contribution is -2.19. The van der Waals surface area contributed by atoms with Crippen molar-refractivity contribution in [3.8, 4) is 6.07 Å². The lowest BCUT2D eigenvalue weighted by Gasteiger charge is -1.99. The molecule has 0 bridgehead atoms. The average Bonchev–Trinajstić information content (AvgIpc) is 2.56. The van der Waals surface area contributed by atoms with Crippen molar-refractivity contribution < 1.29 is 4.79 Å². The van der Waals surface area contributed by atoms with Crippen LogP contribution in [-0.4, -0.2) is 12.1 Å². The Kier molecular flexibility index (Phi) is 5.43. The van der Waals surface area contributed by atoms with Crippen LogP contribution >= 0.6 is 0 Å². The van der Waals surface area contributed by atoms with Crippen LogP contribution in [0.15, 0.2) is 59.2 Å². The molecule has 1 amide bonds. The predicted octanol–water partition coefficient (Wildman–Crippen LogP) is 3.36. The van der Waals surface area contributed by atoms with Gasteiger partial charge in [-0.05, 0) is 31.1 Å². The van der Waals surface area contributed by atoms with E-state index < -0.39 is 5.91 Å². The van der Waals surface area contributed by atoms with Crippen LogP contribution in [0.2, 0.25) is 0 Å². The average molecular weight is 303 g/mol. The lowest BCUT2D eigenvalue weighted by atomic mass is 10.1. The van der Waals surface area contributed by atoms with Crippen molar-refractivity contribution in [3.05, 3.63) is 76.4 Å². The van der Waals surface area contributed by atoms with E-state index in [9.17, 15) is 4.79 Å². The Morgan fingerprint density at radius 2 is 1.52 bits per heavy atom. The number of carbonyl (C=O) groups is 1. The minimum atomic E-state index is -0.531. The summed E-state index contributed by atoms with van der Waals surface area (Å²) in [5.74, 6) is -0.531. The molecule has 4 heteroatoms. The molecule has 0 aliphatic heterocycles. The van der Waals surface area contributed by atoms with E-state index in [1.54, 1.807) is 0 Å². The molecule has 0 aliphatic carbocycles. The number of rotatable bonds is 4. The number of hydrogen-bond donors (Lipinski definition) is 1. The highest BCUT2D eigenvalue weighted by atomic mass is 16.2. The second-order valence-corrected chi connectivity index (χ2v) is 5.19. The topological polar surface area (TPSA) is 65.2 Å². The molecule has 0 aliphatic rings. The molecule has 0 atom stereocenters. The van der Waals surface area contributed by atoms with Gasteiger partial charge in [-0.2, -0.15) is 10.4 Å². The Bertz CT molecular complexity index is 779. The first-order chi connectivity index (χ1) is 11.1. The number of nitrogens with one attached hydrogen (secondary N) is 1. The maximum atomic E-state index is 12.0. The fraction of sp³-hybridized carbons (Fsp3) is 0.105. The van der Waals surface area contributed by atoms with Gasteiger partial charge in [0.15, 0.2) is 0 Å². The molecule has 0 heterocycles. The van der Waals surface area contributed by atoms with Gasteiger partial charge in [-0.1, -0.05) is 59.7 Å². The van der Waals surface area contributed by atoms with Gasteiger partial charge in [0.05, 0.1) is 6.21 Å². The lowest BCUT2D eigenvalue weighted by molar-refractivity contribution is -0.117. The molecular formula is C19H17N3O. The molecule has 114 valence electrons. The van der Waals surface area contributed by atoms with E-state index >= 15 is 0 Å². The summed E-state index contributed by atoms with van der Waals surface area (Å²) in [5.41, 5.74) is 6.32. The highest BCUT2D eigenvalue weighted by Crippen LogP contribution is 2.08. The Morgan fingerprint density at radius 1 is 1.00 bits per heavy atom. The van der Waals surface area contributed by atoms with Gasteiger partial charge < -0.3 is 0 Å². The normalized spacial score (nSPS) is 11.3. The third-order valence-corrected chi connectivity index (χ3v) is 3.21. The molecule has 2 rings (SSSR count). The number of nitriles is 1. The van der Waals surface area contributed by atoms with Gasteiger partial charge in [-0.15, -0.1) is 0 Å². The van der Waals surface area contributed by atoms with Crippen molar-refractivity contribution in [3.63, 3.8) is 0 Å². The van der Waals surface area contributed by atoms with Crippen LogP contribution in [0.5, 0.6) is 0 Å². The third-order valence-electron chi connectivity index (χ3n) is 3.21. The number of benzene rings is 2. The number of hydrazone groups is 1. The van der Waals surface area contributed by atoms with E-state index in [2.05, 4.69) is 10.5 Å². The highest BCUT2D eigenvalue weighted by Gasteiger charge is 2.07. The molecule has 0 radical (unpaired) electrons. The van der Waals surface area contributed by atoms with Gasteiger partial charge in [0.2, 0.25) is 0 Å². The Hall–Kier alpha value is -3.19. The number of nitrogens with zero attached hydrogens (tertiary/aromatic N) is 2. The van der Waals surface area contributed by atoms with Crippen molar-refractivity contribution in [1.82, 2.24) is 5.43 Å². The summed E-state index contributed by atoms with van der Waals surface area (Å²) in [5, 5.41) is 13.0. The van der Waals surface area contributed by atoms with E-state index in [1.807, 2.05) is 68.4 Å². The summed E-state index contributed by atoms with van der Waals surface area (Å²) in [6, 6.07) is 17.2. The van der Waals surface area contributed by atoms with Crippen LogP contribution < -0.4 is 5.43 Å². The van der Waals surface area contributed by atoms with Crippen LogP contribution in [0.25, 0.3) is 6.08 Å². The molecule has 4 nitrogen and oxygen atoms in total. The Morgan fingerprint density at radius 3 is 2.04 bits per heavy atom.